The van der Waals surface area contributed by atoms with Crippen molar-refractivity contribution in [3.63, 3.8) is 0 Å². The number of benzene rings is 1. The van der Waals surface area contributed by atoms with Crippen LogP contribution < -0.4 is 10.6 Å². The second-order valence-electron chi connectivity index (χ2n) is 7.70. The first-order valence-corrected chi connectivity index (χ1v) is 11.1. The summed E-state index contributed by atoms with van der Waals surface area (Å²) in [4.78, 5) is 72.6. The van der Waals surface area contributed by atoms with Gasteiger partial charge in [-0.25, -0.2) is 0 Å². The van der Waals surface area contributed by atoms with E-state index in [1.54, 1.807) is 0 Å². The minimum absolute atomic E-state index is 0.111. The Kier molecular flexibility index (Phi) is 10.8. The molecule has 0 aliphatic carbocycles. The summed E-state index contributed by atoms with van der Waals surface area (Å²) in [5.41, 5.74) is 0. The number of halogens is 1. The van der Waals surface area contributed by atoms with Gasteiger partial charge >= 0.3 is 11.9 Å². The number of amides is 4. The van der Waals surface area contributed by atoms with Gasteiger partial charge in [-0.2, -0.15) is 0 Å². The normalized spacial score (nSPS) is 20.8. The highest BCUT2D eigenvalue weighted by Gasteiger charge is 2.38. The van der Waals surface area contributed by atoms with E-state index in [-0.39, 0.29) is 39.4 Å². The van der Waals surface area contributed by atoms with Crippen LogP contribution >= 0.6 is 11.6 Å². The van der Waals surface area contributed by atoms with Gasteiger partial charge in [-0.05, 0) is 12.1 Å². The number of carbonyl (C=O) groups excluding carboxylic acids is 6. The van der Waals surface area contributed by atoms with Crippen LogP contribution in [0.2, 0.25) is 5.02 Å². The van der Waals surface area contributed by atoms with Crippen molar-refractivity contribution in [2.24, 2.45) is 0 Å². The summed E-state index contributed by atoms with van der Waals surface area (Å²) in [7, 11) is 0. The van der Waals surface area contributed by atoms with Crippen LogP contribution in [0.25, 0.3) is 0 Å². The molecule has 2 heterocycles. The van der Waals surface area contributed by atoms with E-state index in [1.165, 1.54) is 23.6 Å². The van der Waals surface area contributed by atoms with Gasteiger partial charge in [0.05, 0.1) is 13.1 Å². The van der Waals surface area contributed by atoms with Gasteiger partial charge in [0.25, 0.3) is 0 Å². The molecule has 190 valence electrons. The monoisotopic (exact) mass is 510 g/mol. The third-order valence-corrected chi connectivity index (χ3v) is 5.25. The fourth-order valence-corrected chi connectivity index (χ4v) is 3.48. The Balaban J connectivity index is 0.000000527. The molecule has 0 saturated carbocycles. The van der Waals surface area contributed by atoms with E-state index in [0.717, 1.165) is 5.02 Å². The van der Waals surface area contributed by atoms with Crippen LogP contribution in [0.5, 0.6) is 0 Å². The quantitative estimate of drug-likeness (QED) is 0.349. The molecule has 4 amide bonds. The SMILES string of the molecule is CC(=O)OCC1C(=O)NC(=O)CN1CCN1CC(=O)NC(=O)C1COC(C)=O.Clc1ccccc1. The number of nitrogens with one attached hydrogen (secondary N) is 2. The van der Waals surface area contributed by atoms with E-state index in [2.05, 4.69) is 10.6 Å². The molecule has 0 aromatic heterocycles. The fourth-order valence-electron chi connectivity index (χ4n) is 3.34. The van der Waals surface area contributed by atoms with Crippen molar-refractivity contribution in [3.05, 3.63) is 35.4 Å². The lowest BCUT2D eigenvalue weighted by Gasteiger charge is -2.37. The van der Waals surface area contributed by atoms with Gasteiger partial charge in [0.1, 0.15) is 25.3 Å². The van der Waals surface area contributed by atoms with E-state index in [9.17, 15) is 28.8 Å². The number of esters is 2. The zero-order valence-corrected chi connectivity index (χ0v) is 20.1. The molecule has 0 spiro atoms. The van der Waals surface area contributed by atoms with Gasteiger partial charge in [0, 0.05) is 32.0 Å². The highest BCUT2D eigenvalue weighted by molar-refractivity contribution is 6.30. The molecule has 2 N–H and O–H groups in total. The van der Waals surface area contributed by atoms with Gasteiger partial charge in [-0.1, -0.05) is 29.8 Å². The van der Waals surface area contributed by atoms with Crippen molar-refractivity contribution >= 4 is 47.2 Å². The molecule has 1 aromatic carbocycles. The zero-order chi connectivity index (χ0) is 26.0. The van der Waals surface area contributed by atoms with Gasteiger partial charge in [-0.15, -0.1) is 0 Å². The highest BCUT2D eigenvalue weighted by Crippen LogP contribution is 2.11. The van der Waals surface area contributed by atoms with Crippen molar-refractivity contribution in [3.8, 4) is 0 Å². The number of ether oxygens (including phenoxy) is 2. The number of rotatable bonds is 7. The second kappa shape index (κ2) is 13.5. The Morgan fingerprint density at radius 1 is 0.829 bits per heavy atom. The second-order valence-corrected chi connectivity index (χ2v) is 8.13. The van der Waals surface area contributed by atoms with Crippen molar-refractivity contribution in [2.45, 2.75) is 25.9 Å². The van der Waals surface area contributed by atoms with Gasteiger partial charge in [0.15, 0.2) is 0 Å². The number of nitrogens with zero attached hydrogens (tertiary/aromatic N) is 2. The van der Waals surface area contributed by atoms with E-state index >= 15 is 0 Å². The smallest absolute Gasteiger partial charge is 0.302 e. The lowest BCUT2D eigenvalue weighted by Crippen LogP contribution is -2.63. The fraction of sp³-hybridized carbons (Fsp3) is 0.455. The Labute approximate surface area is 206 Å². The Hall–Kier alpha value is -3.35. The Morgan fingerprint density at radius 3 is 1.54 bits per heavy atom. The topological polar surface area (TPSA) is 151 Å². The average molecular weight is 511 g/mol. The number of hydrogen-bond donors (Lipinski definition) is 2. The lowest BCUT2D eigenvalue weighted by molar-refractivity contribution is -0.152. The third kappa shape index (κ3) is 9.43. The molecule has 2 atom stereocenters. The summed E-state index contributed by atoms with van der Waals surface area (Å²) in [6, 6.07) is 7.70. The number of hydrogen-bond acceptors (Lipinski definition) is 10. The summed E-state index contributed by atoms with van der Waals surface area (Å²) < 4.78 is 9.77. The minimum Gasteiger partial charge on any atom is -0.464 e. The lowest BCUT2D eigenvalue weighted by atomic mass is 10.1. The number of carbonyl (C=O) groups is 6. The molecule has 3 rings (SSSR count). The van der Waals surface area contributed by atoms with Gasteiger partial charge in [-0.3, -0.25) is 49.2 Å². The predicted molar refractivity (Wildman–Crippen MR) is 122 cm³/mol. The molecule has 2 saturated heterocycles. The minimum atomic E-state index is -0.872. The van der Waals surface area contributed by atoms with Crippen molar-refractivity contribution < 1.29 is 38.2 Å². The first-order chi connectivity index (χ1) is 16.6. The molecule has 12 nitrogen and oxygen atoms in total. The van der Waals surface area contributed by atoms with Crippen LogP contribution in [0.4, 0.5) is 0 Å². The van der Waals surface area contributed by atoms with Crippen LogP contribution in [0.3, 0.4) is 0 Å². The summed E-state index contributed by atoms with van der Waals surface area (Å²) in [5.74, 6) is -3.34. The standard InChI is InChI=1S/C16H22N4O8.C6H5Cl/c1-9(21)27-7-11-15(25)17-13(23)5-19(11)3-4-20-6-14(24)18-16(26)12(20)8-28-10(2)22;7-6-4-2-1-3-5-6/h11-12H,3-8H2,1-2H3,(H,17,23,25)(H,18,24,26);1-5H. The van der Waals surface area contributed by atoms with Crippen LogP contribution in [0.1, 0.15) is 13.8 Å². The highest BCUT2D eigenvalue weighted by atomic mass is 35.5. The summed E-state index contributed by atoms with van der Waals surface area (Å²) in [6.45, 7) is 2.00. The van der Waals surface area contributed by atoms with Crippen molar-refractivity contribution in [1.29, 1.82) is 0 Å². The van der Waals surface area contributed by atoms with Gasteiger partial charge in [0.2, 0.25) is 23.6 Å². The molecule has 13 heteroatoms. The molecule has 2 unspecified atom stereocenters. The maximum Gasteiger partial charge on any atom is 0.302 e. The Bertz CT molecular complexity index is 900. The molecule has 35 heavy (non-hydrogen) atoms. The maximum absolute atomic E-state index is 12.1. The first-order valence-electron chi connectivity index (χ1n) is 10.7. The Morgan fingerprint density at radius 2 is 1.23 bits per heavy atom. The van der Waals surface area contributed by atoms with Gasteiger partial charge < -0.3 is 9.47 Å². The zero-order valence-electron chi connectivity index (χ0n) is 19.3. The summed E-state index contributed by atoms with van der Waals surface area (Å²) in [5, 5.41) is 5.15. The van der Waals surface area contributed by atoms with Crippen LogP contribution in [0, 0.1) is 0 Å². The maximum atomic E-state index is 12.1. The molecular weight excluding hydrogens is 484 g/mol. The largest absolute Gasteiger partial charge is 0.464 e. The molecule has 0 bridgehead atoms. The van der Waals surface area contributed by atoms with Crippen molar-refractivity contribution in [2.75, 3.05) is 39.4 Å². The van der Waals surface area contributed by atoms with E-state index in [0.29, 0.717) is 0 Å². The summed E-state index contributed by atoms with van der Waals surface area (Å²) in [6.07, 6.45) is 0. The molecule has 2 aliphatic rings. The van der Waals surface area contributed by atoms with Crippen molar-refractivity contribution in [1.82, 2.24) is 20.4 Å². The molecular formula is C22H27ClN4O8. The molecule has 2 aliphatic heterocycles. The third-order valence-electron chi connectivity index (χ3n) is 5.00. The summed E-state index contributed by atoms with van der Waals surface area (Å²) >= 11 is 5.54. The average Bonchev–Trinajstić information content (AvgIpc) is 2.76. The van der Waals surface area contributed by atoms with E-state index < -0.39 is 47.7 Å². The number of imide groups is 2. The van der Waals surface area contributed by atoms with Crippen LogP contribution in [-0.4, -0.2) is 96.8 Å². The molecule has 2 fully saturated rings. The molecule has 1 aromatic rings. The number of piperazine rings is 2. The molecule has 0 radical (unpaired) electrons. The predicted octanol–water partition coefficient (Wildman–Crippen LogP) is -0.893. The van der Waals surface area contributed by atoms with Crippen LogP contribution in [0.15, 0.2) is 30.3 Å². The van der Waals surface area contributed by atoms with Crippen LogP contribution in [-0.2, 0) is 38.2 Å². The van der Waals surface area contributed by atoms with E-state index in [1.807, 2.05) is 30.3 Å². The van der Waals surface area contributed by atoms with E-state index in [4.69, 9.17) is 21.1 Å². The first kappa shape index (κ1) is 27.9.